The smallest absolute Gasteiger partial charge is 0.264 e. The van der Waals surface area contributed by atoms with E-state index in [1.165, 1.54) is 40.9 Å². The molecule has 0 aromatic heterocycles. The van der Waals surface area contributed by atoms with E-state index in [1.807, 2.05) is 6.26 Å². The first-order valence-electron chi connectivity index (χ1n) is 14.4. The third kappa shape index (κ3) is 8.08. The lowest BCUT2D eigenvalue weighted by Gasteiger charge is -2.33. The lowest BCUT2D eigenvalue weighted by molar-refractivity contribution is -0.139. The van der Waals surface area contributed by atoms with E-state index in [4.69, 9.17) is 4.74 Å². The molecule has 1 aliphatic carbocycles. The minimum absolute atomic E-state index is 0.0121. The Morgan fingerprint density at radius 2 is 1.67 bits per heavy atom. The second-order valence-electron chi connectivity index (χ2n) is 10.4. The Morgan fingerprint density at radius 1 is 1.02 bits per heavy atom. The average molecular weight is 628 g/mol. The number of sulfonamides is 1. The molecule has 2 amide bonds. The molecule has 0 aliphatic heterocycles. The quantitative estimate of drug-likeness (QED) is 0.247. The molecule has 11 heteroatoms. The fourth-order valence-electron chi connectivity index (χ4n) is 5.09. The van der Waals surface area contributed by atoms with Crippen LogP contribution in [0.5, 0.6) is 5.75 Å². The molecule has 1 saturated carbocycles. The van der Waals surface area contributed by atoms with Gasteiger partial charge in [-0.25, -0.2) is 12.8 Å². The molecule has 0 saturated heterocycles. The largest absolute Gasteiger partial charge is 0.492 e. The van der Waals surface area contributed by atoms with Crippen molar-refractivity contribution in [3.8, 4) is 5.75 Å². The van der Waals surface area contributed by atoms with Gasteiger partial charge < -0.3 is 15.0 Å². The van der Waals surface area contributed by atoms with E-state index in [0.717, 1.165) is 34.9 Å². The minimum Gasteiger partial charge on any atom is -0.492 e. The highest BCUT2D eigenvalue weighted by Gasteiger charge is 2.34. The fourth-order valence-corrected chi connectivity index (χ4v) is 6.92. The summed E-state index contributed by atoms with van der Waals surface area (Å²) in [5, 5.41) is 3.04. The van der Waals surface area contributed by atoms with E-state index in [9.17, 15) is 22.4 Å². The van der Waals surface area contributed by atoms with Crippen LogP contribution in [0.4, 0.5) is 10.1 Å². The highest BCUT2D eigenvalue weighted by atomic mass is 32.2. The molecule has 43 heavy (non-hydrogen) atoms. The van der Waals surface area contributed by atoms with Crippen LogP contribution < -0.4 is 14.4 Å². The van der Waals surface area contributed by atoms with Crippen LogP contribution in [0.2, 0.25) is 0 Å². The number of benzene rings is 3. The van der Waals surface area contributed by atoms with E-state index in [2.05, 4.69) is 5.32 Å². The summed E-state index contributed by atoms with van der Waals surface area (Å²) in [6, 6.07) is 17.9. The summed E-state index contributed by atoms with van der Waals surface area (Å²) in [5.74, 6) is -1.03. The van der Waals surface area contributed by atoms with Gasteiger partial charge in [-0.1, -0.05) is 37.1 Å². The summed E-state index contributed by atoms with van der Waals surface area (Å²) in [6.07, 6.45) is 5.70. The fraction of sp³-hybridized carbons (Fsp3) is 0.375. The van der Waals surface area contributed by atoms with Crippen molar-refractivity contribution in [2.45, 2.75) is 68.0 Å². The summed E-state index contributed by atoms with van der Waals surface area (Å²) >= 11 is 1.48. The van der Waals surface area contributed by atoms with Crippen LogP contribution in [0, 0.1) is 5.82 Å². The summed E-state index contributed by atoms with van der Waals surface area (Å²) < 4.78 is 48.8. The number of carbonyl (C=O) groups is 2. The van der Waals surface area contributed by atoms with Gasteiger partial charge in [-0.2, -0.15) is 0 Å². The number of halogens is 1. The number of hydrogen-bond donors (Lipinski definition) is 1. The number of carbonyl (C=O) groups excluding carboxylic acids is 2. The predicted molar refractivity (Wildman–Crippen MR) is 167 cm³/mol. The number of para-hydroxylation sites is 2. The summed E-state index contributed by atoms with van der Waals surface area (Å²) in [5.41, 5.74) is 0.809. The van der Waals surface area contributed by atoms with E-state index in [1.54, 1.807) is 62.4 Å². The molecule has 0 spiro atoms. The van der Waals surface area contributed by atoms with Crippen LogP contribution in [0.1, 0.15) is 45.1 Å². The monoisotopic (exact) mass is 627 g/mol. The molecule has 1 atom stereocenters. The van der Waals surface area contributed by atoms with Crippen molar-refractivity contribution in [2.24, 2.45) is 0 Å². The summed E-state index contributed by atoms with van der Waals surface area (Å²) in [6.45, 7) is 3.11. The number of hydrogen-bond acceptors (Lipinski definition) is 6. The molecule has 230 valence electrons. The third-order valence-corrected chi connectivity index (χ3v) is 10.0. The van der Waals surface area contributed by atoms with Crippen molar-refractivity contribution >= 4 is 39.3 Å². The number of nitrogens with one attached hydrogen (secondary N) is 1. The number of rotatable bonds is 13. The van der Waals surface area contributed by atoms with Crippen LogP contribution >= 0.6 is 11.8 Å². The average Bonchev–Trinajstić information content (AvgIpc) is 3.52. The minimum atomic E-state index is -4.25. The molecule has 4 rings (SSSR count). The maximum absolute atomic E-state index is 14.2. The lowest BCUT2D eigenvalue weighted by Crippen LogP contribution is -2.52. The van der Waals surface area contributed by atoms with Crippen molar-refractivity contribution in [1.29, 1.82) is 0 Å². The second kappa shape index (κ2) is 14.7. The lowest BCUT2D eigenvalue weighted by atomic mass is 10.1. The predicted octanol–water partition coefficient (Wildman–Crippen LogP) is 5.62. The molecule has 3 aromatic carbocycles. The molecule has 0 bridgehead atoms. The molecule has 8 nitrogen and oxygen atoms in total. The first-order chi connectivity index (χ1) is 20.6. The molecule has 0 unspecified atom stereocenters. The van der Waals surface area contributed by atoms with Crippen molar-refractivity contribution in [2.75, 3.05) is 23.7 Å². The number of nitrogens with zero attached hydrogens (tertiary/aromatic N) is 2. The zero-order valence-corrected chi connectivity index (χ0v) is 26.3. The van der Waals surface area contributed by atoms with Gasteiger partial charge in [0.15, 0.2) is 0 Å². The van der Waals surface area contributed by atoms with Gasteiger partial charge in [-0.05, 0) is 87.0 Å². The Balaban J connectivity index is 1.72. The van der Waals surface area contributed by atoms with Gasteiger partial charge in [-0.3, -0.25) is 13.9 Å². The van der Waals surface area contributed by atoms with Crippen molar-refractivity contribution in [3.63, 3.8) is 0 Å². The zero-order chi connectivity index (χ0) is 31.0. The molecule has 3 aromatic rings. The molecule has 1 aliphatic rings. The first-order valence-corrected chi connectivity index (χ1v) is 17.0. The number of anilines is 1. The van der Waals surface area contributed by atoms with E-state index >= 15 is 0 Å². The van der Waals surface area contributed by atoms with E-state index in [-0.39, 0.29) is 35.7 Å². The maximum Gasteiger partial charge on any atom is 0.264 e. The molecule has 1 fully saturated rings. The Morgan fingerprint density at radius 3 is 2.30 bits per heavy atom. The van der Waals surface area contributed by atoms with Gasteiger partial charge in [-0.15, -0.1) is 11.8 Å². The van der Waals surface area contributed by atoms with Gasteiger partial charge in [0.25, 0.3) is 10.0 Å². The summed E-state index contributed by atoms with van der Waals surface area (Å²) in [4.78, 5) is 29.7. The standard InChI is InChI=1S/C32H38FN3O5S2/c1-4-41-30-12-8-7-11-29(30)36(43(39,40)28-19-17-27(42-3)18-20-28)22-31(37)35(21-24-13-15-25(33)16-14-24)23(2)32(38)34-26-9-5-6-10-26/h7-8,11-20,23,26H,4-6,9-10,21-22H2,1-3H3,(H,34,38)/t23-/m1/s1. The van der Waals surface area contributed by atoms with Crippen molar-refractivity contribution < 1.29 is 27.1 Å². The number of thioether (sulfide) groups is 1. The van der Waals surface area contributed by atoms with Crippen LogP contribution in [0.25, 0.3) is 0 Å². The zero-order valence-electron chi connectivity index (χ0n) is 24.7. The second-order valence-corrected chi connectivity index (χ2v) is 13.1. The number of ether oxygens (including phenoxy) is 1. The van der Waals surface area contributed by atoms with Crippen LogP contribution in [-0.4, -0.2) is 56.6 Å². The van der Waals surface area contributed by atoms with Gasteiger partial charge in [0.05, 0.1) is 17.2 Å². The molecule has 1 N–H and O–H groups in total. The summed E-state index contributed by atoms with van der Waals surface area (Å²) in [7, 11) is -4.25. The van der Waals surface area contributed by atoms with Gasteiger partial charge in [0.1, 0.15) is 24.2 Å². The number of amides is 2. The Kier molecular flexibility index (Phi) is 11.1. The van der Waals surface area contributed by atoms with Gasteiger partial charge in [0, 0.05) is 17.5 Å². The van der Waals surface area contributed by atoms with E-state index in [0.29, 0.717) is 11.3 Å². The van der Waals surface area contributed by atoms with E-state index < -0.39 is 34.3 Å². The third-order valence-electron chi connectivity index (χ3n) is 7.50. The van der Waals surface area contributed by atoms with Crippen LogP contribution in [-0.2, 0) is 26.2 Å². The topological polar surface area (TPSA) is 96.0 Å². The molecule has 0 radical (unpaired) electrons. The first kappa shape index (κ1) is 32.3. The Hall–Kier alpha value is -3.57. The Labute approximate surface area is 257 Å². The highest BCUT2D eigenvalue weighted by molar-refractivity contribution is 7.98. The highest BCUT2D eigenvalue weighted by Crippen LogP contribution is 2.33. The van der Waals surface area contributed by atoms with Crippen LogP contribution in [0.3, 0.4) is 0 Å². The van der Waals surface area contributed by atoms with Crippen molar-refractivity contribution in [1.82, 2.24) is 10.2 Å². The molecule has 0 heterocycles. The normalized spacial score (nSPS) is 14.2. The maximum atomic E-state index is 14.2. The molecular weight excluding hydrogens is 590 g/mol. The van der Waals surface area contributed by atoms with Gasteiger partial charge in [0.2, 0.25) is 11.8 Å². The van der Waals surface area contributed by atoms with Crippen molar-refractivity contribution in [3.05, 3.63) is 84.2 Å². The SMILES string of the molecule is CCOc1ccccc1N(CC(=O)N(Cc1ccc(F)cc1)[C@H](C)C(=O)NC1CCCC1)S(=O)(=O)c1ccc(SC)cc1. The molecular formula is C32H38FN3O5S2. The van der Waals surface area contributed by atoms with Crippen LogP contribution in [0.15, 0.2) is 82.6 Å². The van der Waals surface area contributed by atoms with Gasteiger partial charge >= 0.3 is 0 Å². The Bertz CT molecular complexity index is 1490.